The second kappa shape index (κ2) is 3.32. The molecule has 0 spiro atoms. The van der Waals surface area contributed by atoms with Crippen molar-refractivity contribution in [2.45, 2.75) is 38.2 Å². The van der Waals surface area contributed by atoms with Gasteiger partial charge in [-0.15, -0.1) is 0 Å². The highest BCUT2D eigenvalue weighted by molar-refractivity contribution is 4.74. The van der Waals surface area contributed by atoms with Crippen molar-refractivity contribution >= 4 is 0 Å². The minimum absolute atomic E-state index is 0.0326. The predicted molar refractivity (Wildman–Crippen MR) is 38.6 cm³/mol. The van der Waals surface area contributed by atoms with Crippen LogP contribution in [-0.4, -0.2) is 25.5 Å². The summed E-state index contributed by atoms with van der Waals surface area (Å²) in [4.78, 5) is 0. The zero-order valence-corrected chi connectivity index (χ0v) is 6.54. The third-order valence-electron chi connectivity index (χ3n) is 1.97. The molecule has 3 heteroatoms. The highest BCUT2D eigenvalue weighted by Crippen LogP contribution is 2.17. The fourth-order valence-electron chi connectivity index (χ4n) is 1.15. The molecule has 10 heavy (non-hydrogen) atoms. The lowest BCUT2D eigenvalue weighted by Gasteiger charge is -2.31. The molecule has 1 rings (SSSR count). The molecule has 0 bridgehead atoms. The van der Waals surface area contributed by atoms with Gasteiger partial charge in [-0.3, -0.25) is 0 Å². The van der Waals surface area contributed by atoms with Crippen molar-refractivity contribution in [1.29, 1.82) is 0 Å². The normalized spacial score (nSPS) is 41.7. The van der Waals surface area contributed by atoms with Gasteiger partial charge in [0.15, 0.2) is 6.29 Å². The Morgan fingerprint density at radius 3 is 2.70 bits per heavy atom. The van der Waals surface area contributed by atoms with Crippen molar-refractivity contribution in [2.24, 2.45) is 5.73 Å². The maximum Gasteiger partial charge on any atom is 0.157 e. The zero-order valence-electron chi connectivity index (χ0n) is 6.54. The summed E-state index contributed by atoms with van der Waals surface area (Å²) in [5.41, 5.74) is 5.71. The van der Waals surface area contributed by atoms with E-state index in [0.717, 1.165) is 12.8 Å². The van der Waals surface area contributed by atoms with Gasteiger partial charge < -0.3 is 15.2 Å². The Kier molecular flexibility index (Phi) is 2.65. The van der Waals surface area contributed by atoms with Crippen LogP contribution in [0.3, 0.4) is 0 Å². The lowest BCUT2D eigenvalue weighted by atomic mass is 10.0. The van der Waals surface area contributed by atoms with Gasteiger partial charge in [-0.05, 0) is 19.8 Å². The van der Waals surface area contributed by atoms with E-state index in [4.69, 9.17) is 15.2 Å². The van der Waals surface area contributed by atoms with E-state index in [1.165, 1.54) is 0 Å². The molecule has 0 amide bonds. The smallest absolute Gasteiger partial charge is 0.157 e. The summed E-state index contributed by atoms with van der Waals surface area (Å²) in [6, 6.07) is 0.186. The van der Waals surface area contributed by atoms with Crippen molar-refractivity contribution < 1.29 is 9.47 Å². The van der Waals surface area contributed by atoms with E-state index in [9.17, 15) is 0 Å². The van der Waals surface area contributed by atoms with Gasteiger partial charge in [-0.1, -0.05) is 0 Å². The van der Waals surface area contributed by atoms with Gasteiger partial charge in [-0.25, -0.2) is 0 Å². The molecule has 2 N–H and O–H groups in total. The molecule has 0 aliphatic carbocycles. The standard InChI is InChI=1S/C7H15NO2/c1-5-6(8)3-4-7(9-2)10-5/h5-7H,3-4,8H2,1-2H3/t5-,6-,7?/m0/s1. The third kappa shape index (κ3) is 1.68. The van der Waals surface area contributed by atoms with Gasteiger partial charge in [0, 0.05) is 13.2 Å². The molecule has 1 aliphatic rings. The molecular weight excluding hydrogens is 130 g/mol. The Morgan fingerprint density at radius 1 is 1.50 bits per heavy atom. The minimum Gasteiger partial charge on any atom is -0.356 e. The Labute approximate surface area is 61.5 Å². The first-order chi connectivity index (χ1) is 4.74. The number of nitrogens with two attached hydrogens (primary N) is 1. The molecule has 1 heterocycles. The zero-order chi connectivity index (χ0) is 7.56. The minimum atomic E-state index is -0.0326. The largest absolute Gasteiger partial charge is 0.356 e. The highest BCUT2D eigenvalue weighted by atomic mass is 16.7. The van der Waals surface area contributed by atoms with Crippen molar-refractivity contribution in [1.82, 2.24) is 0 Å². The van der Waals surface area contributed by atoms with Crippen LogP contribution in [0, 0.1) is 0 Å². The lowest BCUT2D eigenvalue weighted by Crippen LogP contribution is -2.42. The summed E-state index contributed by atoms with van der Waals surface area (Å²) in [6.07, 6.45) is 2.02. The first-order valence-electron chi connectivity index (χ1n) is 3.68. The first kappa shape index (κ1) is 7.98. The van der Waals surface area contributed by atoms with Crippen LogP contribution >= 0.6 is 0 Å². The summed E-state index contributed by atoms with van der Waals surface area (Å²) in [7, 11) is 1.66. The fourth-order valence-corrected chi connectivity index (χ4v) is 1.15. The average molecular weight is 145 g/mol. The molecule has 3 nitrogen and oxygen atoms in total. The molecule has 3 atom stereocenters. The molecule has 0 aromatic heterocycles. The van der Waals surface area contributed by atoms with Crippen LogP contribution < -0.4 is 5.73 Å². The van der Waals surface area contributed by atoms with Gasteiger partial charge in [-0.2, -0.15) is 0 Å². The third-order valence-corrected chi connectivity index (χ3v) is 1.97. The van der Waals surface area contributed by atoms with Crippen molar-refractivity contribution in [2.75, 3.05) is 7.11 Å². The number of hydrogen-bond donors (Lipinski definition) is 1. The summed E-state index contributed by atoms with van der Waals surface area (Å²) in [6.45, 7) is 1.98. The van der Waals surface area contributed by atoms with Gasteiger partial charge >= 0.3 is 0 Å². The molecule has 1 fully saturated rings. The van der Waals surface area contributed by atoms with Crippen LogP contribution in [0.5, 0.6) is 0 Å². The van der Waals surface area contributed by atoms with Gasteiger partial charge in [0.25, 0.3) is 0 Å². The number of rotatable bonds is 1. The molecule has 0 radical (unpaired) electrons. The molecule has 0 aromatic carbocycles. The van der Waals surface area contributed by atoms with E-state index in [0.29, 0.717) is 0 Å². The quantitative estimate of drug-likeness (QED) is 0.584. The Balaban J connectivity index is 2.33. The SMILES string of the molecule is COC1CC[C@H](N)[C@H](C)O1. The lowest BCUT2D eigenvalue weighted by molar-refractivity contribution is -0.180. The Hall–Kier alpha value is -0.120. The maximum atomic E-state index is 5.71. The molecule has 0 aromatic rings. The number of hydrogen-bond acceptors (Lipinski definition) is 3. The van der Waals surface area contributed by atoms with Crippen LogP contribution in [0.1, 0.15) is 19.8 Å². The van der Waals surface area contributed by atoms with Gasteiger partial charge in [0.2, 0.25) is 0 Å². The van der Waals surface area contributed by atoms with E-state index >= 15 is 0 Å². The Morgan fingerprint density at radius 2 is 2.20 bits per heavy atom. The summed E-state index contributed by atoms with van der Waals surface area (Å²) < 4.78 is 10.4. The molecule has 60 valence electrons. The predicted octanol–water partition coefficient (Wildman–Crippen LogP) is 0.485. The van der Waals surface area contributed by atoms with Crippen LogP contribution in [0.25, 0.3) is 0 Å². The topological polar surface area (TPSA) is 44.5 Å². The Bertz CT molecular complexity index is 108. The van der Waals surface area contributed by atoms with Crippen LogP contribution in [0.15, 0.2) is 0 Å². The van der Waals surface area contributed by atoms with E-state index in [1.807, 2.05) is 6.92 Å². The van der Waals surface area contributed by atoms with E-state index in [2.05, 4.69) is 0 Å². The summed E-state index contributed by atoms with van der Waals surface area (Å²) in [5, 5.41) is 0. The second-order valence-corrected chi connectivity index (χ2v) is 2.75. The first-order valence-corrected chi connectivity index (χ1v) is 3.68. The number of methoxy groups -OCH3 is 1. The van der Waals surface area contributed by atoms with Gasteiger partial charge in [0.1, 0.15) is 0 Å². The molecule has 0 saturated carbocycles. The maximum absolute atomic E-state index is 5.71. The molecule has 1 unspecified atom stereocenters. The van der Waals surface area contributed by atoms with E-state index in [-0.39, 0.29) is 18.4 Å². The van der Waals surface area contributed by atoms with E-state index < -0.39 is 0 Å². The number of ether oxygens (including phenoxy) is 2. The molecule has 1 aliphatic heterocycles. The highest BCUT2D eigenvalue weighted by Gasteiger charge is 2.24. The van der Waals surface area contributed by atoms with Crippen molar-refractivity contribution in [3.63, 3.8) is 0 Å². The molecule has 1 saturated heterocycles. The second-order valence-electron chi connectivity index (χ2n) is 2.75. The summed E-state index contributed by atoms with van der Waals surface area (Å²) in [5.74, 6) is 0. The van der Waals surface area contributed by atoms with Crippen LogP contribution in [0.4, 0.5) is 0 Å². The monoisotopic (exact) mass is 145 g/mol. The summed E-state index contributed by atoms with van der Waals surface area (Å²) >= 11 is 0. The van der Waals surface area contributed by atoms with Crippen molar-refractivity contribution in [3.8, 4) is 0 Å². The average Bonchev–Trinajstić information content (AvgIpc) is 1.95. The van der Waals surface area contributed by atoms with E-state index in [1.54, 1.807) is 7.11 Å². The van der Waals surface area contributed by atoms with Gasteiger partial charge in [0.05, 0.1) is 6.10 Å². The molecular formula is C7H15NO2. The van der Waals surface area contributed by atoms with Crippen LogP contribution in [-0.2, 0) is 9.47 Å². The van der Waals surface area contributed by atoms with Crippen molar-refractivity contribution in [3.05, 3.63) is 0 Å². The van der Waals surface area contributed by atoms with Crippen LogP contribution in [0.2, 0.25) is 0 Å². The fraction of sp³-hybridized carbons (Fsp3) is 1.00.